The highest BCUT2D eigenvalue weighted by Gasteiger charge is 2.31. The number of benzene rings is 3. The zero-order valence-corrected chi connectivity index (χ0v) is 37.7. The van der Waals surface area contributed by atoms with E-state index in [-0.39, 0.29) is 48.7 Å². The average molecular weight is 927 g/mol. The summed E-state index contributed by atoms with van der Waals surface area (Å²) in [5.74, 6) is -1.57. The Kier molecular flexibility index (Phi) is 13.4. The van der Waals surface area contributed by atoms with Gasteiger partial charge < -0.3 is 29.8 Å². The summed E-state index contributed by atoms with van der Waals surface area (Å²) in [6.45, 7) is 9.45. The van der Waals surface area contributed by atoms with E-state index in [9.17, 15) is 28.1 Å². The maximum absolute atomic E-state index is 14.0. The van der Waals surface area contributed by atoms with Crippen LogP contribution in [0.15, 0.2) is 95.7 Å². The van der Waals surface area contributed by atoms with Crippen LogP contribution in [-0.2, 0) is 19.6 Å². The molecule has 2 fully saturated rings. The molecule has 1 amide bonds. The van der Waals surface area contributed by atoms with Crippen LogP contribution < -0.4 is 19.7 Å². The lowest BCUT2D eigenvalue weighted by Gasteiger charge is -2.39. The van der Waals surface area contributed by atoms with E-state index < -0.39 is 43.5 Å². The van der Waals surface area contributed by atoms with E-state index in [4.69, 9.17) is 26.2 Å². The number of sulfonamides is 1. The molecule has 17 nitrogen and oxygen atoms in total. The van der Waals surface area contributed by atoms with E-state index in [1.807, 2.05) is 18.2 Å². The fourth-order valence-electron chi connectivity index (χ4n) is 8.66. The summed E-state index contributed by atoms with van der Waals surface area (Å²) in [4.78, 5) is 49.9. The number of rotatable bonds is 15. The van der Waals surface area contributed by atoms with Crippen LogP contribution >= 0.6 is 11.6 Å². The molecule has 2 aromatic heterocycles. The minimum absolute atomic E-state index is 0.0251. The molecule has 4 N–H and O–H groups in total. The minimum Gasteiger partial charge on any atom is -0.480 e. The number of ether oxygens (including phenoxy) is 2. The standard InChI is InChI=1S/C46H51ClN8O9S/c1-46(2)13-11-32(39(24-46)30-3-5-33(47)6-4-30)27-52-15-17-54(18-16-52)34-7-9-38(42(22-34)64-35-21-31-12-14-48-44(31)50-25-35)45(58)51-65(61,62)37-8-10-40(41(23-37)55(59)60)49-26-36-28-53(19-20-63-36)29-43(56)57/h3-10,12,14,21-23,25,36,49H,11,13,15-20,24,26-29H2,1-2H3,(H,48,50)(H,51,58)(H,56,57). The molecule has 0 saturated carbocycles. The Balaban J connectivity index is 0.986. The number of carboxylic acid groups (broad SMARTS) is 1. The summed E-state index contributed by atoms with van der Waals surface area (Å²) >= 11 is 6.24. The number of carbonyl (C=O) groups excluding carboxylic acids is 1. The highest BCUT2D eigenvalue weighted by atomic mass is 35.5. The topological polar surface area (TPSA) is 213 Å². The summed E-state index contributed by atoms with van der Waals surface area (Å²) in [6, 6.07) is 20.0. The summed E-state index contributed by atoms with van der Waals surface area (Å²) in [5.41, 5.74) is 5.10. The van der Waals surface area contributed by atoms with Gasteiger partial charge in [0, 0.05) is 86.8 Å². The number of carbonyl (C=O) groups is 2. The molecule has 0 spiro atoms. The molecule has 19 heteroatoms. The Morgan fingerprint density at radius 1 is 1.03 bits per heavy atom. The van der Waals surface area contributed by atoms with E-state index in [1.165, 1.54) is 35.0 Å². The number of morpholine rings is 1. The number of nitro benzene ring substituents is 1. The largest absolute Gasteiger partial charge is 0.480 e. The highest BCUT2D eigenvalue weighted by molar-refractivity contribution is 7.90. The van der Waals surface area contributed by atoms with Gasteiger partial charge in [0.25, 0.3) is 21.6 Å². The second kappa shape index (κ2) is 19.2. The maximum Gasteiger partial charge on any atom is 0.317 e. The number of aliphatic carboxylic acids is 1. The molecular formula is C46H51ClN8O9S. The Morgan fingerprint density at radius 2 is 1.82 bits per heavy atom. The molecule has 1 unspecified atom stereocenters. The molecule has 0 bridgehead atoms. The number of aromatic nitrogens is 2. The van der Waals surface area contributed by atoms with Crippen LogP contribution in [0.25, 0.3) is 16.6 Å². The predicted molar refractivity (Wildman–Crippen MR) is 247 cm³/mol. The number of nitrogens with zero attached hydrogens (tertiary/aromatic N) is 5. The van der Waals surface area contributed by atoms with Gasteiger partial charge in [0.05, 0.1) is 40.8 Å². The fraction of sp³-hybridized carbons (Fsp3) is 0.370. The zero-order valence-electron chi connectivity index (χ0n) is 36.1. The molecule has 3 aliphatic rings. The first kappa shape index (κ1) is 45.5. The lowest BCUT2D eigenvalue weighted by atomic mass is 9.72. The lowest BCUT2D eigenvalue weighted by molar-refractivity contribution is -0.384. The Bertz CT molecular complexity index is 2740. The van der Waals surface area contributed by atoms with Crippen molar-refractivity contribution in [2.75, 3.05) is 75.7 Å². The zero-order chi connectivity index (χ0) is 45.9. The van der Waals surface area contributed by atoms with Crippen molar-refractivity contribution in [1.29, 1.82) is 0 Å². The van der Waals surface area contributed by atoms with Crippen LogP contribution in [-0.4, -0.2) is 122 Å². The number of hydrogen-bond donors (Lipinski definition) is 4. The predicted octanol–water partition coefficient (Wildman–Crippen LogP) is 7.02. The van der Waals surface area contributed by atoms with E-state index in [0.717, 1.165) is 62.1 Å². The summed E-state index contributed by atoms with van der Waals surface area (Å²) in [6.07, 6.45) is 5.93. The van der Waals surface area contributed by atoms with Gasteiger partial charge in [0.1, 0.15) is 22.8 Å². The van der Waals surface area contributed by atoms with Gasteiger partial charge in [-0.15, -0.1) is 0 Å². The first-order chi connectivity index (χ1) is 31.1. The molecule has 4 heterocycles. The molecule has 1 atom stereocenters. The minimum atomic E-state index is -4.64. The highest BCUT2D eigenvalue weighted by Crippen LogP contribution is 2.43. The van der Waals surface area contributed by atoms with Gasteiger partial charge >= 0.3 is 5.97 Å². The Labute approximate surface area is 381 Å². The van der Waals surface area contributed by atoms with Gasteiger partial charge in [-0.05, 0) is 84.3 Å². The van der Waals surface area contributed by atoms with E-state index >= 15 is 0 Å². The number of nitrogens with one attached hydrogen (secondary N) is 3. The Hall–Kier alpha value is -6.05. The number of piperazine rings is 1. The summed E-state index contributed by atoms with van der Waals surface area (Å²) < 4.78 is 41.5. The van der Waals surface area contributed by atoms with Crippen LogP contribution in [0.4, 0.5) is 17.1 Å². The van der Waals surface area contributed by atoms with Crippen LogP contribution in [0.1, 0.15) is 49.0 Å². The number of halogens is 1. The number of aromatic amines is 1. The van der Waals surface area contributed by atoms with Gasteiger partial charge in [-0.3, -0.25) is 29.5 Å². The van der Waals surface area contributed by atoms with Crippen molar-refractivity contribution in [3.63, 3.8) is 0 Å². The molecule has 1 aliphatic carbocycles. The number of carboxylic acids is 1. The van der Waals surface area contributed by atoms with Crippen LogP contribution in [0.3, 0.4) is 0 Å². The first-order valence-corrected chi connectivity index (χ1v) is 23.3. The van der Waals surface area contributed by atoms with Crippen molar-refractivity contribution in [3.05, 3.63) is 117 Å². The Morgan fingerprint density at radius 3 is 2.57 bits per heavy atom. The third-order valence-electron chi connectivity index (χ3n) is 12.1. The molecule has 3 aromatic carbocycles. The lowest BCUT2D eigenvalue weighted by Crippen LogP contribution is -2.47. The van der Waals surface area contributed by atoms with Crippen LogP contribution in [0.5, 0.6) is 11.5 Å². The third-order valence-corrected chi connectivity index (χ3v) is 13.7. The number of fused-ring (bicyclic) bond motifs is 1. The van der Waals surface area contributed by atoms with Crippen molar-refractivity contribution in [1.82, 2.24) is 24.5 Å². The number of hydrogen-bond acceptors (Lipinski definition) is 13. The number of H-pyrrole nitrogens is 1. The van der Waals surface area contributed by atoms with Gasteiger partial charge in [-0.1, -0.05) is 43.2 Å². The quantitative estimate of drug-likeness (QED) is 0.0614. The van der Waals surface area contributed by atoms with Crippen LogP contribution in [0, 0.1) is 15.5 Å². The molecule has 2 saturated heterocycles. The SMILES string of the molecule is CC1(C)CCC(CN2CCN(c3ccc(C(=O)NS(=O)(=O)c4ccc(NCC5CN(CC(=O)O)CCO5)c([N+](=O)[O-])c4)c(Oc4cnc5[nH]ccc5c4)c3)CC2)=C(c2ccc(Cl)cc2)C1. The first-order valence-electron chi connectivity index (χ1n) is 21.4. The normalized spacial score (nSPS) is 18.4. The molecule has 2 aliphatic heterocycles. The summed E-state index contributed by atoms with van der Waals surface area (Å²) in [5, 5.41) is 25.7. The van der Waals surface area contributed by atoms with Gasteiger partial charge in [0.2, 0.25) is 0 Å². The number of anilines is 2. The van der Waals surface area contributed by atoms with Crippen LogP contribution in [0.2, 0.25) is 5.02 Å². The smallest absolute Gasteiger partial charge is 0.317 e. The second-order valence-corrected chi connectivity index (χ2v) is 19.6. The number of amides is 1. The van der Waals surface area contributed by atoms with E-state index in [0.29, 0.717) is 36.1 Å². The second-order valence-electron chi connectivity index (χ2n) is 17.4. The molecule has 65 heavy (non-hydrogen) atoms. The van der Waals surface area contributed by atoms with Crippen molar-refractivity contribution in [2.24, 2.45) is 5.41 Å². The summed E-state index contributed by atoms with van der Waals surface area (Å²) in [7, 11) is -4.64. The van der Waals surface area contributed by atoms with E-state index in [1.54, 1.807) is 29.3 Å². The van der Waals surface area contributed by atoms with Gasteiger partial charge in [0.15, 0.2) is 0 Å². The molecular weight excluding hydrogens is 876 g/mol. The van der Waals surface area contributed by atoms with Crippen molar-refractivity contribution < 1.29 is 37.5 Å². The van der Waals surface area contributed by atoms with Crippen molar-refractivity contribution >= 4 is 67.2 Å². The molecule has 342 valence electrons. The number of nitro groups is 1. The van der Waals surface area contributed by atoms with Crippen molar-refractivity contribution in [2.45, 2.75) is 44.1 Å². The van der Waals surface area contributed by atoms with E-state index in [2.05, 4.69) is 55.8 Å². The fourth-order valence-corrected chi connectivity index (χ4v) is 9.77. The average Bonchev–Trinajstić information content (AvgIpc) is 3.74. The maximum atomic E-state index is 14.0. The number of pyridine rings is 1. The molecule has 8 rings (SSSR count). The monoisotopic (exact) mass is 926 g/mol. The number of allylic oxidation sites excluding steroid dienone is 1. The molecule has 5 aromatic rings. The molecule has 0 radical (unpaired) electrons. The van der Waals surface area contributed by atoms with Gasteiger partial charge in [-0.25, -0.2) is 18.1 Å². The third kappa shape index (κ3) is 11.1. The van der Waals surface area contributed by atoms with Crippen molar-refractivity contribution in [3.8, 4) is 11.5 Å². The van der Waals surface area contributed by atoms with Gasteiger partial charge in [-0.2, -0.15) is 0 Å².